The number of hydrogen-bond donors (Lipinski definition) is 1. The van der Waals surface area contributed by atoms with Gasteiger partial charge in [-0.05, 0) is 23.8 Å². The van der Waals surface area contributed by atoms with Gasteiger partial charge in [-0.1, -0.05) is 60.7 Å². The molecule has 0 radical (unpaired) electrons. The van der Waals surface area contributed by atoms with Gasteiger partial charge in [-0.15, -0.1) is 5.10 Å². The van der Waals surface area contributed by atoms with Crippen LogP contribution in [0, 0.1) is 0 Å². The van der Waals surface area contributed by atoms with Crippen molar-refractivity contribution in [1.29, 1.82) is 0 Å². The molecule has 0 fully saturated rings. The van der Waals surface area contributed by atoms with Crippen LogP contribution in [-0.2, 0) is 12.7 Å². The Morgan fingerprint density at radius 3 is 2.19 bits per heavy atom. The van der Waals surface area contributed by atoms with Gasteiger partial charge in [0.1, 0.15) is 5.69 Å². The van der Waals surface area contributed by atoms with Crippen LogP contribution in [-0.4, -0.2) is 25.0 Å². The minimum Gasteiger partial charge on any atom is -0.337 e. The number of alkyl halides is 3. The van der Waals surface area contributed by atoms with Crippen LogP contribution >= 0.6 is 0 Å². The summed E-state index contributed by atoms with van der Waals surface area (Å²) in [6.45, 7) is 0.457. The third-order valence-electron chi connectivity index (χ3n) is 4.90. The van der Waals surface area contributed by atoms with Crippen molar-refractivity contribution in [3.05, 3.63) is 90.0 Å². The van der Waals surface area contributed by atoms with E-state index in [9.17, 15) is 13.2 Å². The zero-order valence-corrected chi connectivity index (χ0v) is 16.1. The predicted molar refractivity (Wildman–Crippen MR) is 111 cm³/mol. The van der Waals surface area contributed by atoms with Gasteiger partial charge in [0.05, 0.1) is 23.1 Å². The lowest BCUT2D eigenvalue weighted by atomic mass is 10.1. The third-order valence-corrected chi connectivity index (χ3v) is 4.90. The summed E-state index contributed by atoms with van der Waals surface area (Å²) >= 11 is 0. The van der Waals surface area contributed by atoms with Crippen molar-refractivity contribution in [2.75, 3.05) is 0 Å². The molecule has 0 aliphatic rings. The zero-order valence-electron chi connectivity index (χ0n) is 16.1. The molecule has 8 heteroatoms. The number of halogens is 3. The lowest BCUT2D eigenvalue weighted by Crippen LogP contribution is -2.04. The fourth-order valence-electron chi connectivity index (χ4n) is 3.41. The van der Waals surface area contributed by atoms with Crippen molar-refractivity contribution in [3.8, 4) is 22.8 Å². The normalized spacial score (nSPS) is 11.8. The second-order valence-electron chi connectivity index (χ2n) is 7.09. The molecule has 154 valence electrons. The summed E-state index contributed by atoms with van der Waals surface area (Å²) in [5.41, 5.74) is 2.95. The van der Waals surface area contributed by atoms with E-state index in [-0.39, 0.29) is 0 Å². The molecule has 0 aliphatic carbocycles. The number of nitrogens with one attached hydrogen (secondary N) is 1. The van der Waals surface area contributed by atoms with Crippen molar-refractivity contribution in [2.45, 2.75) is 12.7 Å². The highest BCUT2D eigenvalue weighted by atomic mass is 19.4. The Kier molecular flexibility index (Phi) is 4.54. The number of hydrogen-bond acceptors (Lipinski definition) is 3. The van der Waals surface area contributed by atoms with Gasteiger partial charge in [0.2, 0.25) is 0 Å². The highest BCUT2D eigenvalue weighted by Gasteiger charge is 2.31. The van der Waals surface area contributed by atoms with Gasteiger partial charge in [-0.2, -0.15) is 23.1 Å². The van der Waals surface area contributed by atoms with E-state index in [1.54, 1.807) is 4.80 Å². The minimum absolute atomic E-state index is 0.293. The topological polar surface area (TPSA) is 59.4 Å². The molecule has 5 nitrogen and oxygen atoms in total. The molecular weight excluding hydrogens is 403 g/mol. The summed E-state index contributed by atoms with van der Waals surface area (Å²) in [4.78, 5) is 9.03. The Bertz CT molecular complexity index is 1340. The van der Waals surface area contributed by atoms with Gasteiger partial charge in [0.25, 0.3) is 0 Å². The fourth-order valence-corrected chi connectivity index (χ4v) is 3.41. The van der Waals surface area contributed by atoms with Crippen molar-refractivity contribution < 1.29 is 13.2 Å². The van der Waals surface area contributed by atoms with E-state index in [0.717, 1.165) is 23.3 Å². The summed E-state index contributed by atoms with van der Waals surface area (Å²) in [5.74, 6) is 0.368. The van der Waals surface area contributed by atoms with Crippen molar-refractivity contribution in [1.82, 2.24) is 25.0 Å². The van der Waals surface area contributed by atoms with Gasteiger partial charge in [0.15, 0.2) is 11.5 Å². The average molecular weight is 419 g/mol. The Balaban J connectivity index is 1.62. The van der Waals surface area contributed by atoms with E-state index in [2.05, 4.69) is 20.2 Å². The highest BCUT2D eigenvalue weighted by Crippen LogP contribution is 2.33. The van der Waals surface area contributed by atoms with Crippen LogP contribution < -0.4 is 0 Å². The van der Waals surface area contributed by atoms with Gasteiger partial charge < -0.3 is 4.98 Å². The quantitative estimate of drug-likeness (QED) is 0.415. The summed E-state index contributed by atoms with van der Waals surface area (Å²) in [6.07, 6.45) is -4.42. The molecule has 5 aromatic rings. The van der Waals surface area contributed by atoms with E-state index in [0.29, 0.717) is 34.8 Å². The van der Waals surface area contributed by atoms with Gasteiger partial charge >= 0.3 is 6.18 Å². The van der Waals surface area contributed by atoms with E-state index < -0.39 is 11.7 Å². The lowest BCUT2D eigenvalue weighted by molar-refractivity contribution is -0.137. The van der Waals surface area contributed by atoms with E-state index in [4.69, 9.17) is 0 Å². The number of nitrogens with zero attached hydrogens (tertiary/aromatic N) is 4. The molecular formula is C23H16F3N5. The number of imidazole rings is 1. The molecule has 0 saturated carbocycles. The van der Waals surface area contributed by atoms with E-state index in [1.165, 1.54) is 6.07 Å². The first-order valence-corrected chi connectivity index (χ1v) is 9.59. The Hall–Kier alpha value is -3.94. The molecule has 3 aromatic carbocycles. The summed E-state index contributed by atoms with van der Waals surface area (Å²) < 4.78 is 39.2. The minimum atomic E-state index is -4.42. The number of aromatic nitrogens is 5. The van der Waals surface area contributed by atoms with Crippen LogP contribution in [0.1, 0.15) is 11.1 Å². The molecule has 2 aromatic heterocycles. The Morgan fingerprint density at radius 2 is 1.48 bits per heavy atom. The van der Waals surface area contributed by atoms with Crippen LogP contribution in [0.4, 0.5) is 13.2 Å². The van der Waals surface area contributed by atoms with Gasteiger partial charge in [-0.3, -0.25) is 0 Å². The Morgan fingerprint density at radius 1 is 0.806 bits per heavy atom. The van der Waals surface area contributed by atoms with E-state index >= 15 is 0 Å². The molecule has 0 amide bonds. The third kappa shape index (κ3) is 3.79. The number of aromatic amines is 1. The molecule has 0 bridgehead atoms. The monoisotopic (exact) mass is 419 g/mol. The predicted octanol–water partition coefficient (Wildman–Crippen LogP) is 5.56. The summed E-state index contributed by atoms with van der Waals surface area (Å²) in [5, 5.41) is 9.25. The lowest BCUT2D eigenvalue weighted by Gasteiger charge is -2.05. The van der Waals surface area contributed by atoms with Crippen molar-refractivity contribution >= 4 is 11.0 Å². The SMILES string of the molecule is FC(F)(F)c1ccc2nc(-c3nn(Cc4ccccc4)nc3-c3ccccc3)[nH]c2c1. The van der Waals surface area contributed by atoms with Crippen LogP contribution in [0.5, 0.6) is 0 Å². The van der Waals surface area contributed by atoms with Crippen LogP contribution in [0.2, 0.25) is 0 Å². The van der Waals surface area contributed by atoms with Gasteiger partial charge in [0, 0.05) is 5.56 Å². The molecule has 0 atom stereocenters. The van der Waals surface area contributed by atoms with Crippen LogP contribution in [0.25, 0.3) is 33.8 Å². The molecule has 2 heterocycles. The smallest absolute Gasteiger partial charge is 0.337 e. The van der Waals surface area contributed by atoms with Crippen LogP contribution in [0.3, 0.4) is 0 Å². The molecule has 0 spiro atoms. The summed E-state index contributed by atoms with van der Waals surface area (Å²) in [6, 6.07) is 22.7. The molecule has 5 rings (SSSR count). The number of rotatable bonds is 4. The van der Waals surface area contributed by atoms with Gasteiger partial charge in [-0.25, -0.2) is 4.98 Å². The molecule has 0 aliphatic heterocycles. The molecule has 0 unspecified atom stereocenters. The first kappa shape index (κ1) is 19.0. The largest absolute Gasteiger partial charge is 0.416 e. The second kappa shape index (κ2) is 7.39. The number of H-pyrrole nitrogens is 1. The van der Waals surface area contributed by atoms with Crippen molar-refractivity contribution in [2.24, 2.45) is 0 Å². The fraction of sp³-hybridized carbons (Fsp3) is 0.0870. The molecule has 0 saturated heterocycles. The van der Waals surface area contributed by atoms with Crippen LogP contribution in [0.15, 0.2) is 78.9 Å². The highest BCUT2D eigenvalue weighted by molar-refractivity contribution is 5.83. The van der Waals surface area contributed by atoms with Crippen molar-refractivity contribution in [3.63, 3.8) is 0 Å². The maximum absolute atomic E-state index is 13.1. The standard InChI is InChI=1S/C23H16F3N5/c24-23(25,26)17-11-12-18-19(13-17)28-22(27-18)21-20(16-9-5-2-6-10-16)29-31(30-21)14-15-7-3-1-4-8-15/h1-13H,14H2,(H,27,28). The average Bonchev–Trinajstić information content (AvgIpc) is 3.38. The maximum Gasteiger partial charge on any atom is 0.416 e. The number of benzene rings is 3. The zero-order chi connectivity index (χ0) is 21.4. The molecule has 1 N–H and O–H groups in total. The summed E-state index contributed by atoms with van der Waals surface area (Å²) in [7, 11) is 0. The Labute approximate surface area is 175 Å². The van der Waals surface area contributed by atoms with E-state index in [1.807, 2.05) is 60.7 Å². The molecule has 31 heavy (non-hydrogen) atoms. The maximum atomic E-state index is 13.1. The first-order valence-electron chi connectivity index (χ1n) is 9.59. The second-order valence-corrected chi connectivity index (χ2v) is 7.09. The number of fused-ring (bicyclic) bond motifs is 1. The first-order chi connectivity index (χ1) is 15.0.